The van der Waals surface area contributed by atoms with Gasteiger partial charge in [0.25, 0.3) is 5.91 Å². The number of amides is 1. The maximum atomic E-state index is 12.9. The van der Waals surface area contributed by atoms with Gasteiger partial charge >= 0.3 is 0 Å². The molecule has 40 heavy (non-hydrogen) atoms. The van der Waals surface area contributed by atoms with Gasteiger partial charge in [0.15, 0.2) is 0 Å². The van der Waals surface area contributed by atoms with E-state index in [4.69, 9.17) is 4.98 Å². The molecule has 10 nitrogen and oxygen atoms in total. The zero-order valence-electron chi connectivity index (χ0n) is 23.1. The van der Waals surface area contributed by atoms with Crippen LogP contribution in [0.3, 0.4) is 0 Å². The molecule has 1 fully saturated rings. The van der Waals surface area contributed by atoms with Crippen molar-refractivity contribution in [3.63, 3.8) is 0 Å². The van der Waals surface area contributed by atoms with Crippen molar-refractivity contribution in [3.8, 4) is 22.3 Å². The highest BCUT2D eigenvalue weighted by Gasteiger charge is 2.21. The van der Waals surface area contributed by atoms with Gasteiger partial charge in [0.1, 0.15) is 5.82 Å². The second-order valence-corrected chi connectivity index (χ2v) is 10.2. The Morgan fingerprint density at radius 1 is 0.900 bits per heavy atom. The minimum Gasteiger partial charge on any atom is -0.354 e. The van der Waals surface area contributed by atoms with Crippen molar-refractivity contribution in [3.05, 3.63) is 84.3 Å². The summed E-state index contributed by atoms with van der Waals surface area (Å²) in [6, 6.07) is 10.5. The molecule has 6 heterocycles. The normalized spacial score (nSPS) is 14.1. The molecule has 1 aliphatic rings. The highest BCUT2D eigenvalue weighted by Crippen LogP contribution is 2.32. The molecule has 5 aromatic heterocycles. The van der Waals surface area contributed by atoms with Gasteiger partial charge in [0.05, 0.1) is 23.5 Å². The highest BCUT2D eigenvalue weighted by molar-refractivity contribution is 6.05. The third-order valence-electron chi connectivity index (χ3n) is 7.37. The minimum atomic E-state index is -0.142. The fourth-order valence-electron chi connectivity index (χ4n) is 5.21. The van der Waals surface area contributed by atoms with Crippen LogP contribution in [0.25, 0.3) is 27.8 Å². The van der Waals surface area contributed by atoms with E-state index in [1.807, 2.05) is 51.9 Å². The van der Waals surface area contributed by atoms with Crippen LogP contribution in [0.2, 0.25) is 0 Å². The quantitative estimate of drug-likeness (QED) is 0.340. The molecule has 0 unspecified atom stereocenters. The zero-order chi connectivity index (χ0) is 27.6. The zero-order valence-corrected chi connectivity index (χ0v) is 23.1. The number of nitrogens with zero attached hydrogens (tertiary/aromatic N) is 8. The Kier molecular flexibility index (Phi) is 7.00. The predicted octanol–water partition coefficient (Wildman–Crippen LogP) is 3.57. The van der Waals surface area contributed by atoms with Crippen LogP contribution in [0.1, 0.15) is 28.5 Å². The van der Waals surface area contributed by atoms with Crippen molar-refractivity contribution in [2.45, 2.75) is 20.4 Å². The number of hydrogen-bond donors (Lipinski definition) is 1. The molecule has 0 saturated carbocycles. The van der Waals surface area contributed by atoms with E-state index in [-0.39, 0.29) is 5.91 Å². The number of anilines is 1. The monoisotopic (exact) mass is 535 g/mol. The number of nitrogens with one attached hydrogen (secondary N) is 1. The lowest BCUT2D eigenvalue weighted by molar-refractivity contribution is 0.0957. The van der Waals surface area contributed by atoms with Crippen molar-refractivity contribution in [2.24, 2.45) is 7.05 Å². The van der Waals surface area contributed by atoms with E-state index in [0.29, 0.717) is 12.1 Å². The summed E-state index contributed by atoms with van der Waals surface area (Å²) in [6.07, 6.45) is 11.2. The minimum absolute atomic E-state index is 0.142. The number of aromatic nitrogens is 6. The lowest BCUT2D eigenvalue weighted by Gasteiger charge is -2.35. The van der Waals surface area contributed by atoms with Crippen LogP contribution in [-0.4, -0.2) is 72.9 Å². The number of piperazine rings is 1. The molecule has 10 heteroatoms. The third-order valence-corrected chi connectivity index (χ3v) is 7.37. The summed E-state index contributed by atoms with van der Waals surface area (Å²) >= 11 is 0. The molecule has 0 aromatic carbocycles. The first kappa shape index (κ1) is 25.7. The third kappa shape index (κ3) is 5.17. The number of carbonyl (C=O) groups is 1. The molecule has 0 spiro atoms. The molecule has 0 radical (unpaired) electrons. The topological polar surface area (TPSA) is 96.5 Å². The van der Waals surface area contributed by atoms with Crippen molar-refractivity contribution in [1.82, 2.24) is 39.6 Å². The first-order valence-electron chi connectivity index (χ1n) is 13.6. The van der Waals surface area contributed by atoms with Gasteiger partial charge in [-0.25, -0.2) is 9.50 Å². The van der Waals surface area contributed by atoms with Crippen molar-refractivity contribution < 1.29 is 4.79 Å². The van der Waals surface area contributed by atoms with Crippen molar-refractivity contribution in [1.29, 1.82) is 0 Å². The second-order valence-electron chi connectivity index (χ2n) is 10.2. The summed E-state index contributed by atoms with van der Waals surface area (Å²) in [5.41, 5.74) is 7.35. The lowest BCUT2D eigenvalue weighted by Crippen LogP contribution is -2.46. The van der Waals surface area contributed by atoms with Crippen LogP contribution in [0.5, 0.6) is 0 Å². The molecule has 204 valence electrons. The molecule has 1 aliphatic heterocycles. The Bertz CT molecular complexity index is 1630. The van der Waals surface area contributed by atoms with Crippen LogP contribution in [0, 0.1) is 6.92 Å². The van der Waals surface area contributed by atoms with E-state index < -0.39 is 0 Å². The SMILES string of the molecule is CCNC(=O)c1cnn2cc(-c3cnn(C)c3)cc(-c3ccc(N4CCN(Cc5ccc(C)nc5)CC4)nc3)c12. The molecular formula is C30H33N9O. The first-order valence-corrected chi connectivity index (χ1v) is 13.6. The summed E-state index contributed by atoms with van der Waals surface area (Å²) < 4.78 is 3.55. The van der Waals surface area contributed by atoms with Gasteiger partial charge in [0, 0.05) is 99.1 Å². The van der Waals surface area contributed by atoms with E-state index in [9.17, 15) is 4.79 Å². The van der Waals surface area contributed by atoms with Gasteiger partial charge in [-0.2, -0.15) is 10.2 Å². The summed E-state index contributed by atoms with van der Waals surface area (Å²) in [6.45, 7) is 9.15. The molecule has 0 atom stereocenters. The molecule has 5 aromatic rings. The molecule has 6 rings (SSSR count). The van der Waals surface area contributed by atoms with Gasteiger partial charge < -0.3 is 10.2 Å². The van der Waals surface area contributed by atoms with Gasteiger partial charge in [-0.3, -0.25) is 19.4 Å². The number of rotatable bonds is 7. The van der Waals surface area contributed by atoms with Crippen molar-refractivity contribution >= 4 is 17.2 Å². The summed E-state index contributed by atoms with van der Waals surface area (Å²) in [7, 11) is 1.90. The van der Waals surface area contributed by atoms with Gasteiger partial charge in [-0.1, -0.05) is 6.07 Å². The van der Waals surface area contributed by atoms with Gasteiger partial charge in [0.2, 0.25) is 0 Å². The van der Waals surface area contributed by atoms with Gasteiger partial charge in [-0.05, 0) is 43.7 Å². The standard InChI is InChI=1S/C30H33N9O/c1-4-31-30(40)27-17-35-39-20-24(25-16-34-36(3)19-25)13-26(29(27)39)23-7-8-28(33-15-23)38-11-9-37(10-12-38)18-22-6-5-21(2)32-14-22/h5-8,13-17,19-20H,4,9-12,18H2,1-3H3,(H,31,40). The first-order chi connectivity index (χ1) is 19.5. The second kappa shape index (κ2) is 10.9. The Morgan fingerprint density at radius 2 is 1.75 bits per heavy atom. The average Bonchev–Trinajstić information content (AvgIpc) is 3.61. The molecule has 0 bridgehead atoms. The highest BCUT2D eigenvalue weighted by atomic mass is 16.1. The number of fused-ring (bicyclic) bond motifs is 1. The molecule has 1 saturated heterocycles. The Morgan fingerprint density at radius 3 is 2.42 bits per heavy atom. The van der Waals surface area contributed by atoms with Crippen LogP contribution >= 0.6 is 0 Å². The van der Waals surface area contributed by atoms with Gasteiger partial charge in [-0.15, -0.1) is 0 Å². The number of aryl methyl sites for hydroxylation is 2. The number of carbonyl (C=O) groups excluding carboxylic acids is 1. The Hall–Kier alpha value is -4.57. The van der Waals surface area contributed by atoms with Crippen molar-refractivity contribution in [2.75, 3.05) is 37.6 Å². The molecular weight excluding hydrogens is 502 g/mol. The van der Waals surface area contributed by atoms with E-state index in [2.05, 4.69) is 60.6 Å². The smallest absolute Gasteiger partial charge is 0.255 e. The predicted molar refractivity (Wildman–Crippen MR) is 155 cm³/mol. The van der Waals surface area contributed by atoms with E-state index in [1.165, 1.54) is 5.56 Å². The largest absolute Gasteiger partial charge is 0.354 e. The molecule has 1 amide bonds. The molecule has 1 N–H and O–H groups in total. The fourth-order valence-corrected chi connectivity index (χ4v) is 5.21. The molecule has 0 aliphatic carbocycles. The van der Waals surface area contributed by atoms with Crippen LogP contribution < -0.4 is 10.2 Å². The summed E-state index contributed by atoms with van der Waals surface area (Å²) in [5, 5.41) is 11.8. The van der Waals surface area contributed by atoms with E-state index in [0.717, 1.165) is 72.0 Å². The van der Waals surface area contributed by atoms with Crippen LogP contribution in [-0.2, 0) is 13.6 Å². The average molecular weight is 536 g/mol. The fraction of sp³-hybridized carbons (Fsp3) is 0.300. The maximum Gasteiger partial charge on any atom is 0.255 e. The van der Waals surface area contributed by atoms with Crippen LogP contribution in [0.4, 0.5) is 5.82 Å². The van der Waals surface area contributed by atoms with Crippen LogP contribution in [0.15, 0.2) is 67.5 Å². The summed E-state index contributed by atoms with van der Waals surface area (Å²) in [5.74, 6) is 0.814. The van der Waals surface area contributed by atoms with E-state index in [1.54, 1.807) is 15.4 Å². The maximum absolute atomic E-state index is 12.9. The van der Waals surface area contributed by atoms with E-state index >= 15 is 0 Å². The number of pyridine rings is 3. The Balaban J connectivity index is 1.26. The summed E-state index contributed by atoms with van der Waals surface area (Å²) in [4.78, 5) is 26.9. The number of hydrogen-bond acceptors (Lipinski definition) is 7. The Labute approximate surface area is 233 Å². The lowest BCUT2D eigenvalue weighted by atomic mass is 10.0.